The number of nitrogens with zero attached hydrogens (tertiary/aromatic N) is 3. The molecular formula is C31H30F3N3O4S2. The number of methoxy groups -OCH3 is 1. The summed E-state index contributed by atoms with van der Waals surface area (Å²) in [5, 5.41) is 9.49. The smallest absolute Gasteiger partial charge is 0.416 e. The van der Waals surface area contributed by atoms with Crippen molar-refractivity contribution in [3.05, 3.63) is 88.9 Å². The van der Waals surface area contributed by atoms with Gasteiger partial charge < -0.3 is 19.5 Å². The van der Waals surface area contributed by atoms with Gasteiger partial charge in [0.25, 0.3) is 0 Å². The number of aliphatic carboxylic acids is 1. The first kappa shape index (κ1) is 30.7. The number of ether oxygens (including phenoxy) is 2. The third-order valence-corrected chi connectivity index (χ3v) is 9.34. The molecule has 5 rings (SSSR count). The molecule has 1 aromatic heterocycles. The van der Waals surface area contributed by atoms with Crippen LogP contribution >= 0.6 is 23.1 Å². The Morgan fingerprint density at radius 3 is 2.21 bits per heavy atom. The van der Waals surface area contributed by atoms with Crippen molar-refractivity contribution in [3.63, 3.8) is 0 Å². The summed E-state index contributed by atoms with van der Waals surface area (Å²) in [4.78, 5) is 22.4. The van der Waals surface area contributed by atoms with Gasteiger partial charge in [-0.05, 0) is 60.7 Å². The highest BCUT2D eigenvalue weighted by molar-refractivity contribution is 7.98. The molecule has 1 saturated heterocycles. The molecule has 3 aromatic carbocycles. The highest BCUT2D eigenvalue weighted by Crippen LogP contribution is 2.36. The minimum Gasteiger partial charge on any atom is -0.497 e. The minimum absolute atomic E-state index is 0.405. The van der Waals surface area contributed by atoms with Crippen LogP contribution in [0.4, 0.5) is 18.9 Å². The fraction of sp³-hybridized carbons (Fsp3) is 0.290. The Balaban J connectivity index is 1.29. The number of anilines is 1. The maximum atomic E-state index is 13.1. The Labute approximate surface area is 255 Å². The molecule has 226 valence electrons. The average molecular weight is 630 g/mol. The highest BCUT2D eigenvalue weighted by atomic mass is 32.2. The van der Waals surface area contributed by atoms with Crippen LogP contribution in [0.3, 0.4) is 0 Å². The van der Waals surface area contributed by atoms with E-state index in [9.17, 15) is 18.0 Å². The molecule has 12 heteroatoms. The molecule has 0 aliphatic carbocycles. The number of piperazine rings is 1. The summed E-state index contributed by atoms with van der Waals surface area (Å²) in [5.74, 6) is 0.891. The molecule has 0 bridgehead atoms. The maximum absolute atomic E-state index is 13.1. The lowest BCUT2D eigenvalue weighted by molar-refractivity contribution is -0.139. The number of aromatic nitrogens is 1. The summed E-state index contributed by atoms with van der Waals surface area (Å²) in [5.41, 5.74) is 2.04. The fourth-order valence-corrected chi connectivity index (χ4v) is 6.72. The average Bonchev–Trinajstić information content (AvgIpc) is 3.42. The second kappa shape index (κ2) is 13.7. The van der Waals surface area contributed by atoms with Gasteiger partial charge in [-0.15, -0.1) is 23.1 Å². The first-order valence-electron chi connectivity index (χ1n) is 13.5. The zero-order chi connectivity index (χ0) is 30.4. The van der Waals surface area contributed by atoms with Crippen LogP contribution in [0.2, 0.25) is 0 Å². The number of thioether (sulfide) groups is 1. The van der Waals surface area contributed by atoms with Crippen molar-refractivity contribution in [3.8, 4) is 22.1 Å². The van der Waals surface area contributed by atoms with Crippen molar-refractivity contribution in [2.45, 2.75) is 23.4 Å². The van der Waals surface area contributed by atoms with Crippen LogP contribution in [-0.4, -0.2) is 60.9 Å². The van der Waals surface area contributed by atoms with Crippen LogP contribution in [-0.2, 0) is 23.3 Å². The van der Waals surface area contributed by atoms with Gasteiger partial charge in [0.05, 0.1) is 18.4 Å². The first-order valence-corrected chi connectivity index (χ1v) is 15.3. The second-order valence-corrected chi connectivity index (χ2v) is 12.0. The van der Waals surface area contributed by atoms with Crippen molar-refractivity contribution in [2.24, 2.45) is 0 Å². The van der Waals surface area contributed by atoms with Gasteiger partial charge >= 0.3 is 12.1 Å². The van der Waals surface area contributed by atoms with Gasteiger partial charge in [-0.3, -0.25) is 4.90 Å². The van der Waals surface area contributed by atoms with E-state index >= 15 is 0 Å². The van der Waals surface area contributed by atoms with Gasteiger partial charge in [-0.2, -0.15) is 13.2 Å². The van der Waals surface area contributed by atoms with Crippen molar-refractivity contribution < 1.29 is 32.5 Å². The Bertz CT molecular complexity index is 1500. The molecule has 0 radical (unpaired) electrons. The first-order chi connectivity index (χ1) is 20.7. The topological polar surface area (TPSA) is 75.1 Å². The van der Waals surface area contributed by atoms with Crippen LogP contribution in [0, 0.1) is 0 Å². The molecule has 2 heterocycles. The minimum atomic E-state index is -4.39. The van der Waals surface area contributed by atoms with E-state index in [0.29, 0.717) is 28.6 Å². The Morgan fingerprint density at radius 2 is 1.60 bits per heavy atom. The molecule has 1 N–H and O–H groups in total. The summed E-state index contributed by atoms with van der Waals surface area (Å²) in [6.07, 6.45) is -4.39. The van der Waals surface area contributed by atoms with E-state index in [-0.39, 0.29) is 0 Å². The number of carboxylic acids is 1. The number of benzene rings is 3. The molecular weight excluding hydrogens is 599 g/mol. The lowest BCUT2D eigenvalue weighted by Gasteiger charge is -2.36. The van der Waals surface area contributed by atoms with Gasteiger partial charge in [-0.25, -0.2) is 9.78 Å². The van der Waals surface area contributed by atoms with Crippen LogP contribution < -0.4 is 14.4 Å². The molecule has 0 atom stereocenters. The predicted octanol–water partition coefficient (Wildman–Crippen LogP) is 6.92. The van der Waals surface area contributed by atoms with E-state index in [1.54, 1.807) is 31.0 Å². The summed E-state index contributed by atoms with van der Waals surface area (Å²) >= 11 is 3.11. The standard InChI is InChI=1S/C31H30F3N3O4S2/c1-40-24-8-6-23(7-9-24)37-16-14-36(15-17-37)18-27-28(20-42-26-12-10-25(11-13-26)41-19-29(38)39)43-30(35-27)21-2-4-22(5-3-21)31(32,33)34/h2-13H,14-20H2,1H3,(H,38,39). The number of rotatable bonds is 11. The molecule has 0 unspecified atom stereocenters. The van der Waals surface area contributed by atoms with E-state index in [0.717, 1.165) is 65.2 Å². The van der Waals surface area contributed by atoms with Crippen molar-refractivity contribution in [1.29, 1.82) is 0 Å². The quantitative estimate of drug-likeness (QED) is 0.179. The number of hydrogen-bond acceptors (Lipinski definition) is 8. The van der Waals surface area contributed by atoms with E-state index in [2.05, 4.69) is 21.9 Å². The summed E-state index contributed by atoms with van der Waals surface area (Å²) in [7, 11) is 1.65. The lowest BCUT2D eigenvalue weighted by atomic mass is 10.1. The van der Waals surface area contributed by atoms with E-state index in [4.69, 9.17) is 19.6 Å². The summed E-state index contributed by atoms with van der Waals surface area (Å²) < 4.78 is 49.8. The second-order valence-electron chi connectivity index (χ2n) is 9.87. The van der Waals surface area contributed by atoms with E-state index in [1.807, 2.05) is 24.3 Å². The Kier molecular flexibility index (Phi) is 9.79. The molecule has 1 aliphatic rings. The Hall–Kier alpha value is -3.74. The van der Waals surface area contributed by atoms with Gasteiger partial charge in [0.2, 0.25) is 0 Å². The van der Waals surface area contributed by atoms with Gasteiger partial charge in [0, 0.05) is 59.5 Å². The molecule has 0 spiro atoms. The van der Waals surface area contributed by atoms with E-state index in [1.165, 1.54) is 23.5 Å². The molecule has 4 aromatic rings. The van der Waals surface area contributed by atoms with E-state index < -0.39 is 24.3 Å². The number of alkyl halides is 3. The third kappa shape index (κ3) is 8.21. The molecule has 7 nitrogen and oxygen atoms in total. The largest absolute Gasteiger partial charge is 0.497 e. The number of carbonyl (C=O) groups is 1. The molecule has 43 heavy (non-hydrogen) atoms. The molecule has 0 amide bonds. The van der Waals surface area contributed by atoms with Gasteiger partial charge in [0.15, 0.2) is 6.61 Å². The molecule has 0 saturated carbocycles. The van der Waals surface area contributed by atoms with Gasteiger partial charge in [0.1, 0.15) is 16.5 Å². The highest BCUT2D eigenvalue weighted by Gasteiger charge is 2.30. The predicted molar refractivity (Wildman–Crippen MR) is 162 cm³/mol. The monoisotopic (exact) mass is 629 g/mol. The van der Waals surface area contributed by atoms with Crippen molar-refractivity contribution in [1.82, 2.24) is 9.88 Å². The normalized spacial score (nSPS) is 14.1. The number of hydrogen-bond donors (Lipinski definition) is 1. The van der Waals surface area contributed by atoms with Crippen molar-refractivity contribution in [2.75, 3.05) is 44.8 Å². The number of thiazole rings is 1. The van der Waals surface area contributed by atoms with Gasteiger partial charge in [-0.1, -0.05) is 12.1 Å². The summed E-state index contributed by atoms with van der Waals surface area (Å²) in [6, 6.07) is 20.4. The van der Waals surface area contributed by atoms with Crippen molar-refractivity contribution >= 4 is 34.8 Å². The molecule has 1 aliphatic heterocycles. The zero-order valence-electron chi connectivity index (χ0n) is 23.3. The number of carboxylic acid groups (broad SMARTS) is 1. The third-order valence-electron chi connectivity index (χ3n) is 6.98. The van der Waals surface area contributed by atoms with Crippen LogP contribution in [0.5, 0.6) is 11.5 Å². The lowest BCUT2D eigenvalue weighted by Crippen LogP contribution is -2.46. The van der Waals surface area contributed by atoms with Crippen LogP contribution in [0.1, 0.15) is 16.1 Å². The zero-order valence-corrected chi connectivity index (χ0v) is 25.0. The number of halogens is 3. The maximum Gasteiger partial charge on any atom is 0.416 e. The SMILES string of the molecule is COc1ccc(N2CCN(Cc3nc(-c4ccc(C(F)(F)F)cc4)sc3CSc3ccc(OCC(=O)O)cc3)CC2)cc1. The van der Waals surface area contributed by atoms with Crippen LogP contribution in [0.25, 0.3) is 10.6 Å². The molecule has 1 fully saturated rings. The Morgan fingerprint density at radius 1 is 0.953 bits per heavy atom. The fourth-order valence-electron chi connectivity index (χ4n) is 4.64. The van der Waals surface area contributed by atoms with Crippen LogP contribution in [0.15, 0.2) is 77.7 Å². The summed E-state index contributed by atoms with van der Waals surface area (Å²) in [6.45, 7) is 3.67.